The molecule has 0 saturated heterocycles. The van der Waals surface area contributed by atoms with E-state index in [9.17, 15) is 0 Å². The Labute approximate surface area is 128 Å². The van der Waals surface area contributed by atoms with Crippen LogP contribution < -0.4 is 5.32 Å². The van der Waals surface area contributed by atoms with Crippen LogP contribution in [-0.2, 0) is 19.5 Å². The van der Waals surface area contributed by atoms with Crippen molar-refractivity contribution < 1.29 is 0 Å². The summed E-state index contributed by atoms with van der Waals surface area (Å²) in [6.07, 6.45) is 3.08. The van der Waals surface area contributed by atoms with Gasteiger partial charge in [0.05, 0.1) is 12.7 Å². The molecule has 3 nitrogen and oxygen atoms in total. The molecule has 0 saturated carbocycles. The van der Waals surface area contributed by atoms with Crippen LogP contribution in [0.1, 0.15) is 43.2 Å². The summed E-state index contributed by atoms with van der Waals surface area (Å²) in [5.41, 5.74) is 5.24. The lowest BCUT2D eigenvalue weighted by atomic mass is 10.1. The molecule has 0 aliphatic heterocycles. The molecule has 21 heavy (non-hydrogen) atoms. The summed E-state index contributed by atoms with van der Waals surface area (Å²) in [6.45, 7) is 11.6. The Kier molecular flexibility index (Phi) is 5.57. The van der Waals surface area contributed by atoms with E-state index < -0.39 is 0 Å². The maximum absolute atomic E-state index is 4.53. The van der Waals surface area contributed by atoms with E-state index in [-0.39, 0.29) is 0 Å². The molecule has 1 aromatic carbocycles. The van der Waals surface area contributed by atoms with Crippen LogP contribution in [0.4, 0.5) is 0 Å². The van der Waals surface area contributed by atoms with Gasteiger partial charge in [0.15, 0.2) is 0 Å². The SMILES string of the molecule is CCc1ccc(Cn2ncc(CNCC(C)C)c2C)cc1. The molecule has 0 fully saturated rings. The molecule has 0 spiro atoms. The van der Waals surface area contributed by atoms with Crippen LogP contribution in [0, 0.1) is 12.8 Å². The van der Waals surface area contributed by atoms with Gasteiger partial charge in [-0.1, -0.05) is 45.0 Å². The quantitative estimate of drug-likeness (QED) is 0.843. The smallest absolute Gasteiger partial charge is 0.0662 e. The lowest BCUT2D eigenvalue weighted by Gasteiger charge is -2.08. The molecule has 1 N–H and O–H groups in total. The minimum Gasteiger partial charge on any atom is -0.312 e. The number of hydrogen-bond donors (Lipinski definition) is 1. The average molecular weight is 285 g/mol. The fraction of sp³-hybridized carbons (Fsp3) is 0.500. The van der Waals surface area contributed by atoms with Crippen LogP contribution >= 0.6 is 0 Å². The van der Waals surface area contributed by atoms with Gasteiger partial charge in [-0.05, 0) is 36.9 Å². The first-order valence-corrected chi connectivity index (χ1v) is 7.90. The second-order valence-corrected chi connectivity index (χ2v) is 6.11. The van der Waals surface area contributed by atoms with Crippen LogP contribution in [0.15, 0.2) is 30.5 Å². The van der Waals surface area contributed by atoms with E-state index >= 15 is 0 Å². The Morgan fingerprint density at radius 3 is 2.43 bits per heavy atom. The van der Waals surface area contributed by atoms with Gasteiger partial charge in [-0.2, -0.15) is 5.10 Å². The monoisotopic (exact) mass is 285 g/mol. The fourth-order valence-electron chi connectivity index (χ4n) is 2.37. The summed E-state index contributed by atoms with van der Waals surface area (Å²) in [6, 6.07) is 8.83. The molecular weight excluding hydrogens is 258 g/mol. The van der Waals surface area contributed by atoms with Crippen molar-refractivity contribution in [2.24, 2.45) is 5.92 Å². The highest BCUT2D eigenvalue weighted by atomic mass is 15.3. The van der Waals surface area contributed by atoms with Gasteiger partial charge in [0.25, 0.3) is 0 Å². The zero-order valence-corrected chi connectivity index (χ0v) is 13.7. The van der Waals surface area contributed by atoms with E-state index in [1.807, 2.05) is 6.20 Å². The molecule has 1 aromatic heterocycles. The van der Waals surface area contributed by atoms with Gasteiger partial charge in [-0.3, -0.25) is 4.68 Å². The summed E-state index contributed by atoms with van der Waals surface area (Å²) in [4.78, 5) is 0. The molecule has 1 heterocycles. The summed E-state index contributed by atoms with van der Waals surface area (Å²) < 4.78 is 2.09. The third-order valence-electron chi connectivity index (χ3n) is 3.84. The average Bonchev–Trinajstić information content (AvgIpc) is 2.81. The zero-order chi connectivity index (χ0) is 15.2. The van der Waals surface area contributed by atoms with E-state index in [0.29, 0.717) is 5.92 Å². The van der Waals surface area contributed by atoms with Gasteiger partial charge in [0.2, 0.25) is 0 Å². The van der Waals surface area contributed by atoms with Gasteiger partial charge >= 0.3 is 0 Å². The third kappa shape index (κ3) is 4.43. The van der Waals surface area contributed by atoms with E-state index in [4.69, 9.17) is 0 Å². The standard InChI is InChI=1S/C18H27N3/c1-5-16-6-8-17(9-7-16)13-21-15(4)18(12-20-21)11-19-10-14(2)3/h6-9,12,14,19H,5,10-11,13H2,1-4H3. The molecule has 0 radical (unpaired) electrons. The molecule has 2 rings (SSSR count). The Hall–Kier alpha value is -1.61. The predicted molar refractivity (Wildman–Crippen MR) is 88.4 cm³/mol. The number of hydrogen-bond acceptors (Lipinski definition) is 2. The molecular formula is C18H27N3. The number of nitrogens with zero attached hydrogens (tertiary/aromatic N) is 2. The van der Waals surface area contributed by atoms with Crippen LogP contribution in [0.2, 0.25) is 0 Å². The molecule has 2 aromatic rings. The zero-order valence-electron chi connectivity index (χ0n) is 13.7. The fourth-order valence-corrected chi connectivity index (χ4v) is 2.37. The molecule has 0 aliphatic carbocycles. The first kappa shape index (κ1) is 15.8. The van der Waals surface area contributed by atoms with Crippen molar-refractivity contribution in [3.63, 3.8) is 0 Å². The molecule has 114 valence electrons. The topological polar surface area (TPSA) is 29.9 Å². The Morgan fingerprint density at radius 2 is 1.81 bits per heavy atom. The van der Waals surface area contributed by atoms with Gasteiger partial charge < -0.3 is 5.32 Å². The van der Waals surface area contributed by atoms with Crippen LogP contribution in [0.3, 0.4) is 0 Å². The lowest BCUT2D eigenvalue weighted by Crippen LogP contribution is -2.19. The lowest BCUT2D eigenvalue weighted by molar-refractivity contribution is 0.551. The van der Waals surface area contributed by atoms with Crippen molar-refractivity contribution in [2.45, 2.75) is 47.2 Å². The summed E-state index contributed by atoms with van der Waals surface area (Å²) in [7, 11) is 0. The molecule has 0 aliphatic rings. The number of rotatable bonds is 7. The Morgan fingerprint density at radius 1 is 1.14 bits per heavy atom. The third-order valence-corrected chi connectivity index (χ3v) is 3.84. The molecule has 0 unspecified atom stereocenters. The number of nitrogens with one attached hydrogen (secondary N) is 1. The Balaban J connectivity index is 1.98. The number of benzene rings is 1. The van der Waals surface area contributed by atoms with Gasteiger partial charge in [-0.15, -0.1) is 0 Å². The van der Waals surface area contributed by atoms with E-state index in [1.165, 1.54) is 22.4 Å². The minimum atomic E-state index is 0.678. The highest BCUT2D eigenvalue weighted by molar-refractivity contribution is 5.24. The maximum atomic E-state index is 4.53. The molecule has 0 amide bonds. The summed E-state index contributed by atoms with van der Waals surface area (Å²) in [5.74, 6) is 0.678. The predicted octanol–water partition coefficient (Wildman–Crippen LogP) is 3.55. The summed E-state index contributed by atoms with van der Waals surface area (Å²) in [5, 5.41) is 8.01. The minimum absolute atomic E-state index is 0.678. The van der Waals surface area contributed by atoms with Gasteiger partial charge in [-0.25, -0.2) is 0 Å². The van der Waals surface area contributed by atoms with Crippen molar-refractivity contribution in [3.8, 4) is 0 Å². The first-order valence-electron chi connectivity index (χ1n) is 7.90. The second-order valence-electron chi connectivity index (χ2n) is 6.11. The summed E-state index contributed by atoms with van der Waals surface area (Å²) >= 11 is 0. The van der Waals surface area contributed by atoms with E-state index in [0.717, 1.165) is 26.1 Å². The van der Waals surface area contributed by atoms with Gasteiger partial charge in [0.1, 0.15) is 0 Å². The van der Waals surface area contributed by atoms with Crippen LogP contribution in [0.5, 0.6) is 0 Å². The maximum Gasteiger partial charge on any atom is 0.0662 e. The highest BCUT2D eigenvalue weighted by Crippen LogP contribution is 2.11. The van der Waals surface area contributed by atoms with Gasteiger partial charge in [0, 0.05) is 17.8 Å². The van der Waals surface area contributed by atoms with E-state index in [2.05, 4.69) is 67.1 Å². The van der Waals surface area contributed by atoms with Crippen LogP contribution in [-0.4, -0.2) is 16.3 Å². The number of aryl methyl sites for hydroxylation is 1. The molecule has 0 bridgehead atoms. The second kappa shape index (κ2) is 7.41. The number of aromatic nitrogens is 2. The Bertz CT molecular complexity index is 552. The highest BCUT2D eigenvalue weighted by Gasteiger charge is 2.07. The van der Waals surface area contributed by atoms with E-state index in [1.54, 1.807) is 0 Å². The van der Waals surface area contributed by atoms with Crippen molar-refractivity contribution >= 4 is 0 Å². The first-order chi connectivity index (χ1) is 10.1. The van der Waals surface area contributed by atoms with Crippen molar-refractivity contribution in [2.75, 3.05) is 6.54 Å². The van der Waals surface area contributed by atoms with Crippen molar-refractivity contribution in [1.29, 1.82) is 0 Å². The van der Waals surface area contributed by atoms with Crippen molar-refractivity contribution in [3.05, 3.63) is 52.8 Å². The largest absolute Gasteiger partial charge is 0.312 e. The van der Waals surface area contributed by atoms with Crippen molar-refractivity contribution in [1.82, 2.24) is 15.1 Å². The molecule has 0 atom stereocenters. The normalized spacial score (nSPS) is 11.3. The van der Waals surface area contributed by atoms with Crippen LogP contribution in [0.25, 0.3) is 0 Å². The molecule has 3 heteroatoms.